The summed E-state index contributed by atoms with van der Waals surface area (Å²) in [6, 6.07) is 7.14. The maximum Gasteiger partial charge on any atom is 0.253 e. The van der Waals surface area contributed by atoms with Crippen molar-refractivity contribution < 1.29 is 4.79 Å². The van der Waals surface area contributed by atoms with Gasteiger partial charge in [-0.2, -0.15) is 5.10 Å². The molecule has 7 nitrogen and oxygen atoms in total. The molecule has 3 rings (SSSR count). The van der Waals surface area contributed by atoms with E-state index in [1.54, 1.807) is 35.5 Å². The fraction of sp³-hybridized carbons (Fsp3) is 0.0714. The Balaban J connectivity index is 1.62. The molecule has 1 N–H and O–H groups in total. The zero-order valence-electron chi connectivity index (χ0n) is 11.0. The van der Waals surface area contributed by atoms with Gasteiger partial charge in [-0.3, -0.25) is 9.78 Å². The number of amides is 1. The molecule has 1 amide bonds. The lowest BCUT2D eigenvalue weighted by molar-refractivity contribution is 0.0950. The van der Waals surface area contributed by atoms with Crippen LogP contribution in [0.2, 0.25) is 0 Å². The van der Waals surface area contributed by atoms with Gasteiger partial charge in [-0.05, 0) is 23.8 Å². The molecule has 104 valence electrons. The average molecular weight is 280 g/mol. The van der Waals surface area contributed by atoms with E-state index in [1.165, 1.54) is 12.5 Å². The highest BCUT2D eigenvalue weighted by molar-refractivity contribution is 5.93. The van der Waals surface area contributed by atoms with Crippen LogP contribution in [0.15, 0.2) is 55.5 Å². The van der Waals surface area contributed by atoms with Gasteiger partial charge in [0, 0.05) is 25.1 Å². The second kappa shape index (κ2) is 5.91. The summed E-state index contributed by atoms with van der Waals surface area (Å²) in [6.07, 6.45) is 7.88. The first-order chi connectivity index (χ1) is 10.3. The lowest BCUT2D eigenvalue weighted by Gasteiger charge is -2.05. The summed E-state index contributed by atoms with van der Waals surface area (Å²) in [5.74, 6) is 0.512. The van der Waals surface area contributed by atoms with E-state index in [2.05, 4.69) is 25.4 Å². The van der Waals surface area contributed by atoms with Crippen LogP contribution in [0.3, 0.4) is 0 Å². The molecular formula is C14H12N6O. The van der Waals surface area contributed by atoms with E-state index in [0.717, 1.165) is 5.56 Å². The Morgan fingerprint density at radius 3 is 2.81 bits per heavy atom. The lowest BCUT2D eigenvalue weighted by Crippen LogP contribution is -2.22. The number of hydrogen-bond acceptors (Lipinski definition) is 5. The summed E-state index contributed by atoms with van der Waals surface area (Å²) in [4.78, 5) is 23.9. The number of hydrogen-bond donors (Lipinski definition) is 1. The molecule has 0 spiro atoms. The topological polar surface area (TPSA) is 85.6 Å². The molecular weight excluding hydrogens is 268 g/mol. The van der Waals surface area contributed by atoms with Gasteiger partial charge in [-0.1, -0.05) is 6.07 Å². The highest BCUT2D eigenvalue weighted by atomic mass is 16.1. The Bertz CT molecular complexity index is 709. The summed E-state index contributed by atoms with van der Waals surface area (Å²) in [5, 5.41) is 6.81. The first-order valence-electron chi connectivity index (χ1n) is 6.31. The Labute approximate surface area is 120 Å². The van der Waals surface area contributed by atoms with E-state index in [9.17, 15) is 4.79 Å². The standard InChI is InChI=1S/C14H12N6O/c21-14(12-2-1-5-15-8-12)18-7-11-3-4-13(17-6-11)20-10-16-9-19-20/h1-6,8-10H,7H2,(H,18,21). The van der Waals surface area contributed by atoms with Crippen molar-refractivity contribution in [1.82, 2.24) is 30.0 Å². The van der Waals surface area contributed by atoms with Gasteiger partial charge in [0.25, 0.3) is 5.91 Å². The first-order valence-corrected chi connectivity index (χ1v) is 6.31. The fourth-order valence-electron chi connectivity index (χ4n) is 1.76. The van der Waals surface area contributed by atoms with E-state index in [4.69, 9.17) is 0 Å². The van der Waals surface area contributed by atoms with Gasteiger partial charge < -0.3 is 5.32 Å². The third-order valence-corrected chi connectivity index (χ3v) is 2.84. The predicted molar refractivity (Wildman–Crippen MR) is 74.6 cm³/mol. The highest BCUT2D eigenvalue weighted by Crippen LogP contribution is 2.04. The zero-order valence-corrected chi connectivity index (χ0v) is 11.0. The molecule has 0 saturated heterocycles. The summed E-state index contributed by atoms with van der Waals surface area (Å²) in [5.41, 5.74) is 1.43. The molecule has 7 heteroatoms. The van der Waals surface area contributed by atoms with Crippen LogP contribution in [0.5, 0.6) is 0 Å². The van der Waals surface area contributed by atoms with Crippen molar-refractivity contribution >= 4 is 5.91 Å². The smallest absolute Gasteiger partial charge is 0.253 e. The van der Waals surface area contributed by atoms with Crippen molar-refractivity contribution in [2.75, 3.05) is 0 Å². The minimum atomic E-state index is -0.163. The molecule has 0 radical (unpaired) electrons. The molecule has 0 aromatic carbocycles. The Hall–Kier alpha value is -3.09. The van der Waals surface area contributed by atoms with Crippen LogP contribution in [-0.2, 0) is 6.54 Å². The molecule has 3 aromatic heterocycles. The molecule has 21 heavy (non-hydrogen) atoms. The van der Waals surface area contributed by atoms with Gasteiger partial charge in [0.2, 0.25) is 0 Å². The number of carbonyl (C=O) groups is 1. The molecule has 3 aromatic rings. The molecule has 0 saturated carbocycles. The van der Waals surface area contributed by atoms with E-state index in [1.807, 2.05) is 12.1 Å². The quantitative estimate of drug-likeness (QED) is 0.770. The van der Waals surface area contributed by atoms with Crippen molar-refractivity contribution in [3.05, 3.63) is 66.6 Å². The second-order valence-electron chi connectivity index (χ2n) is 4.29. The SMILES string of the molecule is O=C(NCc1ccc(-n2cncn2)nc1)c1cccnc1. The molecule has 0 aliphatic rings. The predicted octanol–water partition coefficient (Wildman–Crippen LogP) is 0.987. The van der Waals surface area contributed by atoms with Crippen LogP contribution in [0.25, 0.3) is 5.82 Å². The third kappa shape index (κ3) is 3.08. The number of rotatable bonds is 4. The van der Waals surface area contributed by atoms with Crippen LogP contribution in [0.1, 0.15) is 15.9 Å². The number of carbonyl (C=O) groups excluding carboxylic acids is 1. The summed E-state index contributed by atoms with van der Waals surface area (Å²) >= 11 is 0. The number of nitrogens with zero attached hydrogens (tertiary/aromatic N) is 5. The fourth-order valence-corrected chi connectivity index (χ4v) is 1.76. The Morgan fingerprint density at radius 2 is 2.14 bits per heavy atom. The summed E-state index contributed by atoms with van der Waals surface area (Å²) < 4.78 is 1.57. The van der Waals surface area contributed by atoms with Crippen LogP contribution in [0, 0.1) is 0 Å². The van der Waals surface area contributed by atoms with Crippen molar-refractivity contribution in [3.8, 4) is 5.82 Å². The Morgan fingerprint density at radius 1 is 1.19 bits per heavy atom. The third-order valence-electron chi connectivity index (χ3n) is 2.84. The summed E-state index contributed by atoms with van der Waals surface area (Å²) in [6.45, 7) is 0.401. The minimum Gasteiger partial charge on any atom is -0.348 e. The van der Waals surface area contributed by atoms with Gasteiger partial charge >= 0.3 is 0 Å². The van der Waals surface area contributed by atoms with Gasteiger partial charge in [-0.15, -0.1) is 0 Å². The van der Waals surface area contributed by atoms with Crippen LogP contribution >= 0.6 is 0 Å². The number of aromatic nitrogens is 5. The van der Waals surface area contributed by atoms with E-state index >= 15 is 0 Å². The van der Waals surface area contributed by atoms with Gasteiger partial charge in [-0.25, -0.2) is 14.6 Å². The normalized spacial score (nSPS) is 10.3. The van der Waals surface area contributed by atoms with E-state index in [0.29, 0.717) is 17.9 Å². The van der Waals surface area contributed by atoms with Crippen molar-refractivity contribution in [2.45, 2.75) is 6.54 Å². The van der Waals surface area contributed by atoms with Crippen LogP contribution in [-0.4, -0.2) is 30.6 Å². The minimum absolute atomic E-state index is 0.163. The summed E-state index contributed by atoms with van der Waals surface area (Å²) in [7, 11) is 0. The molecule has 3 heterocycles. The average Bonchev–Trinajstić information content (AvgIpc) is 3.08. The first kappa shape index (κ1) is 12.9. The highest BCUT2D eigenvalue weighted by Gasteiger charge is 2.05. The van der Waals surface area contributed by atoms with Gasteiger partial charge in [0.1, 0.15) is 12.7 Å². The van der Waals surface area contributed by atoms with Gasteiger partial charge in [0.15, 0.2) is 5.82 Å². The maximum absolute atomic E-state index is 11.9. The molecule has 0 fully saturated rings. The van der Waals surface area contributed by atoms with Crippen molar-refractivity contribution in [2.24, 2.45) is 0 Å². The molecule has 0 aliphatic heterocycles. The largest absolute Gasteiger partial charge is 0.348 e. The van der Waals surface area contributed by atoms with E-state index < -0.39 is 0 Å². The number of nitrogens with one attached hydrogen (secondary N) is 1. The zero-order chi connectivity index (χ0) is 14.5. The Kier molecular flexibility index (Phi) is 3.64. The molecule has 0 unspecified atom stereocenters. The van der Waals surface area contributed by atoms with Crippen LogP contribution < -0.4 is 5.32 Å². The van der Waals surface area contributed by atoms with Crippen molar-refractivity contribution in [3.63, 3.8) is 0 Å². The molecule has 0 atom stereocenters. The van der Waals surface area contributed by atoms with Crippen LogP contribution in [0.4, 0.5) is 0 Å². The molecule has 0 bridgehead atoms. The molecule has 0 aliphatic carbocycles. The van der Waals surface area contributed by atoms with Gasteiger partial charge in [0.05, 0.1) is 5.56 Å². The second-order valence-corrected chi connectivity index (χ2v) is 4.29. The maximum atomic E-state index is 11.9. The monoisotopic (exact) mass is 280 g/mol. The van der Waals surface area contributed by atoms with E-state index in [-0.39, 0.29) is 5.91 Å². The lowest BCUT2D eigenvalue weighted by atomic mass is 10.2. The number of pyridine rings is 2. The van der Waals surface area contributed by atoms with Crippen molar-refractivity contribution in [1.29, 1.82) is 0 Å².